The summed E-state index contributed by atoms with van der Waals surface area (Å²) in [5.74, 6) is 0.663. The molecule has 1 spiro atoms. The second-order valence-electron chi connectivity index (χ2n) is 7.68. The van der Waals surface area contributed by atoms with E-state index in [4.69, 9.17) is 9.84 Å². The molecule has 30 heavy (non-hydrogen) atoms. The highest BCUT2D eigenvalue weighted by Crippen LogP contribution is 2.55. The van der Waals surface area contributed by atoms with E-state index in [1.165, 1.54) is 11.8 Å². The molecule has 2 atom stereocenters. The van der Waals surface area contributed by atoms with Crippen LogP contribution in [0.3, 0.4) is 0 Å². The van der Waals surface area contributed by atoms with Gasteiger partial charge in [0, 0.05) is 5.56 Å². The van der Waals surface area contributed by atoms with E-state index in [-0.39, 0.29) is 5.78 Å². The van der Waals surface area contributed by atoms with Crippen molar-refractivity contribution in [1.82, 2.24) is 0 Å². The van der Waals surface area contributed by atoms with E-state index in [1.54, 1.807) is 0 Å². The number of benzene rings is 3. The van der Waals surface area contributed by atoms with Crippen LogP contribution in [-0.2, 0) is 0 Å². The zero-order chi connectivity index (χ0) is 20.8. The summed E-state index contributed by atoms with van der Waals surface area (Å²) < 4.78 is 6.56. The molecule has 0 amide bonds. The van der Waals surface area contributed by atoms with Gasteiger partial charge in [-0.25, -0.2) is 5.01 Å². The van der Waals surface area contributed by atoms with E-state index in [1.807, 2.05) is 96.9 Å². The number of anilines is 1. The van der Waals surface area contributed by atoms with Crippen LogP contribution in [0.1, 0.15) is 36.2 Å². The van der Waals surface area contributed by atoms with Gasteiger partial charge in [0.2, 0.25) is 10.7 Å². The Balaban J connectivity index is 1.75. The Kier molecular flexibility index (Phi) is 4.44. The van der Waals surface area contributed by atoms with Crippen LogP contribution in [0.5, 0.6) is 5.75 Å². The average Bonchev–Trinajstić information content (AvgIpc) is 3.21. The first-order valence-electron chi connectivity index (χ1n) is 10.1. The molecule has 5 heteroatoms. The van der Waals surface area contributed by atoms with Crippen LogP contribution in [0, 0.1) is 0 Å². The zero-order valence-corrected chi connectivity index (χ0v) is 17.7. The monoisotopic (exact) mass is 414 g/mol. The average molecular weight is 415 g/mol. The van der Waals surface area contributed by atoms with Gasteiger partial charge in [-0.15, -0.1) is 0 Å². The van der Waals surface area contributed by atoms with Gasteiger partial charge in [0.25, 0.3) is 0 Å². The molecule has 0 bridgehead atoms. The maximum atomic E-state index is 14.2. The van der Waals surface area contributed by atoms with E-state index in [2.05, 4.69) is 6.92 Å². The third kappa shape index (κ3) is 2.62. The van der Waals surface area contributed by atoms with E-state index in [0.29, 0.717) is 17.7 Å². The van der Waals surface area contributed by atoms with E-state index in [9.17, 15) is 4.79 Å². The van der Waals surface area contributed by atoms with Crippen molar-refractivity contribution in [2.75, 3.05) is 5.01 Å². The number of hydrazone groups is 1. The molecular formula is C25H22N2O2S. The zero-order valence-electron chi connectivity index (χ0n) is 16.9. The number of hydrogen-bond donors (Lipinski definition) is 0. The molecule has 4 nitrogen and oxygen atoms in total. The molecule has 0 saturated heterocycles. The van der Waals surface area contributed by atoms with Crippen LogP contribution in [0.4, 0.5) is 5.69 Å². The van der Waals surface area contributed by atoms with Crippen molar-refractivity contribution in [3.63, 3.8) is 0 Å². The molecule has 5 rings (SSSR count). The van der Waals surface area contributed by atoms with Crippen LogP contribution in [0.2, 0.25) is 0 Å². The summed E-state index contributed by atoms with van der Waals surface area (Å²) in [6.07, 6.45) is 0.654. The van der Waals surface area contributed by atoms with E-state index >= 15 is 0 Å². The molecular weight excluding hydrogens is 392 g/mol. The van der Waals surface area contributed by atoms with Crippen molar-refractivity contribution in [2.24, 2.45) is 5.10 Å². The molecule has 3 aromatic rings. The predicted octanol–water partition coefficient (Wildman–Crippen LogP) is 5.74. The lowest BCUT2D eigenvalue weighted by molar-refractivity contribution is 0.0250. The number of ether oxygens (including phenoxy) is 1. The normalized spacial score (nSPS) is 25.1. The Labute approximate surface area is 180 Å². The highest BCUT2D eigenvalue weighted by Gasteiger charge is 2.66. The fourth-order valence-corrected chi connectivity index (χ4v) is 5.63. The number of rotatable bonds is 3. The summed E-state index contributed by atoms with van der Waals surface area (Å²) in [6.45, 7) is 4.08. The Hall–Kier alpha value is -3.05. The lowest BCUT2D eigenvalue weighted by Crippen LogP contribution is -2.67. The van der Waals surface area contributed by atoms with Crippen LogP contribution in [-0.4, -0.2) is 21.3 Å². The smallest absolute Gasteiger partial charge is 0.216 e. The number of nitrogens with zero attached hydrogens (tertiary/aromatic N) is 2. The highest BCUT2D eigenvalue weighted by atomic mass is 32.2. The first-order chi connectivity index (χ1) is 14.6. The topological polar surface area (TPSA) is 41.9 Å². The molecule has 0 radical (unpaired) electrons. The molecule has 2 heterocycles. The molecule has 150 valence electrons. The van der Waals surface area contributed by atoms with Crippen molar-refractivity contribution in [3.05, 3.63) is 96.1 Å². The number of carbonyl (C=O) groups excluding carboxylic acids is 1. The van der Waals surface area contributed by atoms with Gasteiger partial charge in [-0.3, -0.25) is 4.79 Å². The second-order valence-corrected chi connectivity index (χ2v) is 8.86. The van der Waals surface area contributed by atoms with Crippen molar-refractivity contribution < 1.29 is 9.53 Å². The quantitative estimate of drug-likeness (QED) is 0.548. The number of Topliss-reactive ketones (excluding diaryl/α,β-unsaturated/α-hetero) is 1. The summed E-state index contributed by atoms with van der Waals surface area (Å²) in [4.78, 5) is 13.1. The molecule has 0 aromatic heterocycles. The second kappa shape index (κ2) is 7.03. The molecule has 2 unspecified atom stereocenters. The minimum Gasteiger partial charge on any atom is -0.483 e. The molecule has 0 N–H and O–H groups in total. The van der Waals surface area contributed by atoms with Crippen LogP contribution in [0.25, 0.3) is 0 Å². The molecule has 0 fully saturated rings. The molecule has 0 aliphatic carbocycles. The standard InChI is InChI=1S/C25H22N2O2S/c1-3-24(2)25(22(28)20-16-10-11-17-21(20)29-24)27(19-14-8-5-9-15-19)26-23(30-25)18-12-6-4-7-13-18/h4-17H,3H2,1-2H3. The van der Waals surface area contributed by atoms with Gasteiger partial charge in [-0.2, -0.15) is 5.10 Å². The fraction of sp³-hybridized carbons (Fsp3) is 0.200. The highest BCUT2D eigenvalue weighted by molar-refractivity contribution is 8.16. The maximum Gasteiger partial charge on any atom is 0.216 e. The van der Waals surface area contributed by atoms with Gasteiger partial charge in [-0.05, 0) is 37.6 Å². The number of carbonyl (C=O) groups is 1. The Morgan fingerprint density at radius 3 is 2.27 bits per heavy atom. The van der Waals surface area contributed by atoms with Crippen LogP contribution >= 0.6 is 11.8 Å². The summed E-state index contributed by atoms with van der Waals surface area (Å²) in [5.41, 5.74) is 1.68. The summed E-state index contributed by atoms with van der Waals surface area (Å²) in [5, 5.41) is 7.68. The summed E-state index contributed by atoms with van der Waals surface area (Å²) >= 11 is 1.49. The minimum atomic E-state index is -1.04. The van der Waals surface area contributed by atoms with Crippen LogP contribution in [0.15, 0.2) is 90.0 Å². The van der Waals surface area contributed by atoms with Gasteiger partial charge < -0.3 is 4.74 Å². The predicted molar refractivity (Wildman–Crippen MR) is 122 cm³/mol. The van der Waals surface area contributed by atoms with Crippen molar-refractivity contribution >= 4 is 28.3 Å². The summed E-state index contributed by atoms with van der Waals surface area (Å²) in [7, 11) is 0. The Morgan fingerprint density at radius 2 is 1.57 bits per heavy atom. The molecule has 2 aliphatic rings. The minimum absolute atomic E-state index is 0.0252. The first-order valence-corrected chi connectivity index (χ1v) is 10.9. The van der Waals surface area contributed by atoms with Gasteiger partial charge in [0.05, 0.1) is 11.3 Å². The number of thioether (sulfide) groups is 1. The fourth-order valence-electron chi connectivity index (χ4n) is 4.13. The lowest BCUT2D eigenvalue weighted by Gasteiger charge is -2.50. The SMILES string of the molecule is CCC1(C)Oc2ccccc2C(=O)C12SC(c1ccccc1)=NN2c1ccccc1. The molecule has 0 saturated carbocycles. The van der Waals surface area contributed by atoms with Crippen molar-refractivity contribution in [1.29, 1.82) is 0 Å². The van der Waals surface area contributed by atoms with Gasteiger partial charge in [-0.1, -0.05) is 79.3 Å². The van der Waals surface area contributed by atoms with E-state index < -0.39 is 10.5 Å². The van der Waals surface area contributed by atoms with Gasteiger partial charge >= 0.3 is 0 Å². The third-order valence-electron chi connectivity index (χ3n) is 5.92. The lowest BCUT2D eigenvalue weighted by atomic mass is 9.82. The number of hydrogen-bond acceptors (Lipinski definition) is 5. The number of para-hydroxylation sites is 2. The third-order valence-corrected chi connectivity index (χ3v) is 7.52. The maximum absolute atomic E-state index is 14.2. The largest absolute Gasteiger partial charge is 0.483 e. The number of fused-ring (bicyclic) bond motifs is 1. The molecule has 2 aliphatic heterocycles. The van der Waals surface area contributed by atoms with Gasteiger partial charge in [0.1, 0.15) is 16.4 Å². The van der Waals surface area contributed by atoms with Crippen molar-refractivity contribution in [3.8, 4) is 5.75 Å². The van der Waals surface area contributed by atoms with Gasteiger partial charge in [0.15, 0.2) is 0 Å². The Bertz CT molecular complexity index is 1130. The summed E-state index contributed by atoms with van der Waals surface area (Å²) in [6, 6.07) is 27.4. The molecule has 3 aromatic carbocycles. The van der Waals surface area contributed by atoms with Crippen molar-refractivity contribution in [2.45, 2.75) is 30.7 Å². The van der Waals surface area contributed by atoms with Crippen LogP contribution < -0.4 is 9.75 Å². The number of ketones is 1. The van der Waals surface area contributed by atoms with E-state index in [0.717, 1.165) is 16.3 Å². The first kappa shape index (κ1) is 18.9. The Morgan fingerprint density at radius 1 is 0.933 bits per heavy atom.